The summed E-state index contributed by atoms with van der Waals surface area (Å²) in [5.74, 6) is 0.852. The molecular weight excluding hydrogens is 360 g/mol. The molecule has 2 aromatic rings. The van der Waals surface area contributed by atoms with Gasteiger partial charge in [-0.2, -0.15) is 4.98 Å². The third-order valence-electron chi connectivity index (χ3n) is 3.91. The van der Waals surface area contributed by atoms with E-state index in [1.165, 1.54) is 0 Å². The molecule has 1 aliphatic heterocycles. The van der Waals surface area contributed by atoms with Gasteiger partial charge in [0, 0.05) is 22.6 Å². The van der Waals surface area contributed by atoms with Crippen molar-refractivity contribution in [2.24, 2.45) is 0 Å². The molecule has 0 spiro atoms. The molecule has 0 radical (unpaired) electrons. The zero-order valence-electron chi connectivity index (χ0n) is 13.3. The summed E-state index contributed by atoms with van der Waals surface area (Å²) in [6.07, 6.45) is 0.702. The number of nitrogens with one attached hydrogen (secondary N) is 1. The van der Waals surface area contributed by atoms with Gasteiger partial charge < -0.3 is 14.7 Å². The SMILES string of the molecule is Cc1cc(N2CCC(Nc3nc(C(C)C)no3)C2=O)ccc1Br. The molecule has 1 aromatic heterocycles. The lowest BCUT2D eigenvalue weighted by Gasteiger charge is -2.17. The standard InChI is InChI=1S/C16H19BrN4O2/c1-9(2)14-19-16(23-20-14)18-13-6-7-21(15(13)22)11-4-5-12(17)10(3)8-11/h4-5,8-9,13H,6-7H2,1-3H3,(H,18,19,20). The molecule has 122 valence electrons. The average Bonchev–Trinajstić information content (AvgIpc) is 3.11. The highest BCUT2D eigenvalue weighted by atomic mass is 79.9. The molecular formula is C16H19BrN4O2. The van der Waals surface area contributed by atoms with E-state index < -0.39 is 0 Å². The molecule has 0 saturated carbocycles. The van der Waals surface area contributed by atoms with Crippen LogP contribution in [0.4, 0.5) is 11.7 Å². The molecule has 1 amide bonds. The highest BCUT2D eigenvalue weighted by Crippen LogP contribution is 2.27. The van der Waals surface area contributed by atoms with Crippen LogP contribution in [0.3, 0.4) is 0 Å². The third-order valence-corrected chi connectivity index (χ3v) is 4.80. The van der Waals surface area contributed by atoms with Crippen molar-refractivity contribution in [3.05, 3.63) is 34.1 Å². The Morgan fingerprint density at radius 1 is 1.43 bits per heavy atom. The van der Waals surface area contributed by atoms with Gasteiger partial charge in [-0.05, 0) is 37.1 Å². The minimum Gasteiger partial charge on any atom is -0.326 e. The van der Waals surface area contributed by atoms with Gasteiger partial charge in [0.25, 0.3) is 0 Å². The van der Waals surface area contributed by atoms with Crippen molar-refractivity contribution in [1.29, 1.82) is 0 Å². The first-order valence-electron chi connectivity index (χ1n) is 7.63. The number of aryl methyl sites for hydroxylation is 1. The quantitative estimate of drug-likeness (QED) is 0.881. The van der Waals surface area contributed by atoms with Crippen molar-refractivity contribution in [3.63, 3.8) is 0 Å². The Bertz CT molecular complexity index is 729. The number of aromatic nitrogens is 2. The van der Waals surface area contributed by atoms with Gasteiger partial charge >= 0.3 is 6.01 Å². The summed E-state index contributed by atoms with van der Waals surface area (Å²) in [4.78, 5) is 18.7. The van der Waals surface area contributed by atoms with Crippen molar-refractivity contribution in [3.8, 4) is 0 Å². The highest BCUT2D eigenvalue weighted by Gasteiger charge is 2.33. The number of hydrogen-bond donors (Lipinski definition) is 1. The topological polar surface area (TPSA) is 71.3 Å². The number of carbonyl (C=O) groups is 1. The summed E-state index contributed by atoms with van der Waals surface area (Å²) in [5.41, 5.74) is 2.01. The van der Waals surface area contributed by atoms with E-state index in [0.29, 0.717) is 24.8 Å². The molecule has 1 saturated heterocycles. The molecule has 7 heteroatoms. The molecule has 23 heavy (non-hydrogen) atoms. The van der Waals surface area contributed by atoms with Crippen molar-refractivity contribution >= 4 is 33.5 Å². The second-order valence-electron chi connectivity index (χ2n) is 6.02. The number of carbonyl (C=O) groups excluding carboxylic acids is 1. The second kappa shape index (κ2) is 6.31. The molecule has 2 heterocycles. The van der Waals surface area contributed by atoms with Crippen LogP contribution in [0.15, 0.2) is 27.2 Å². The van der Waals surface area contributed by atoms with Gasteiger partial charge in [0.05, 0.1) is 0 Å². The minimum atomic E-state index is -0.334. The van der Waals surface area contributed by atoms with E-state index >= 15 is 0 Å². The largest absolute Gasteiger partial charge is 0.326 e. The number of nitrogens with zero attached hydrogens (tertiary/aromatic N) is 3. The number of anilines is 2. The molecule has 6 nitrogen and oxygen atoms in total. The molecule has 3 rings (SSSR count). The van der Waals surface area contributed by atoms with Crippen LogP contribution < -0.4 is 10.2 Å². The van der Waals surface area contributed by atoms with Crippen LogP contribution in [-0.2, 0) is 4.79 Å². The van der Waals surface area contributed by atoms with Crippen LogP contribution in [0.25, 0.3) is 0 Å². The van der Waals surface area contributed by atoms with Gasteiger partial charge in [0.2, 0.25) is 5.91 Å². The maximum absolute atomic E-state index is 12.6. The first-order chi connectivity index (χ1) is 11.0. The van der Waals surface area contributed by atoms with Crippen molar-refractivity contribution in [2.45, 2.75) is 39.2 Å². The van der Waals surface area contributed by atoms with Gasteiger partial charge in [-0.3, -0.25) is 4.79 Å². The highest BCUT2D eigenvalue weighted by molar-refractivity contribution is 9.10. The molecule has 1 aromatic carbocycles. The molecule has 1 unspecified atom stereocenters. The van der Waals surface area contributed by atoms with Crippen molar-refractivity contribution in [2.75, 3.05) is 16.8 Å². The van der Waals surface area contributed by atoms with E-state index in [4.69, 9.17) is 4.52 Å². The first kappa shape index (κ1) is 16.0. The van der Waals surface area contributed by atoms with E-state index in [1.54, 1.807) is 4.90 Å². The fourth-order valence-corrected chi connectivity index (χ4v) is 2.79. The Labute approximate surface area is 143 Å². The smallest absolute Gasteiger partial charge is 0.322 e. The van der Waals surface area contributed by atoms with E-state index in [2.05, 4.69) is 31.4 Å². The predicted octanol–water partition coefficient (Wildman–Crippen LogP) is 3.48. The molecule has 0 bridgehead atoms. The van der Waals surface area contributed by atoms with E-state index in [-0.39, 0.29) is 17.9 Å². The first-order valence-corrected chi connectivity index (χ1v) is 8.42. The van der Waals surface area contributed by atoms with Gasteiger partial charge in [0.1, 0.15) is 6.04 Å². The van der Waals surface area contributed by atoms with Gasteiger partial charge in [-0.1, -0.05) is 34.9 Å². The zero-order chi connectivity index (χ0) is 16.6. The van der Waals surface area contributed by atoms with Crippen LogP contribution in [0.5, 0.6) is 0 Å². The Hall–Kier alpha value is -1.89. The minimum absolute atomic E-state index is 0.0241. The van der Waals surface area contributed by atoms with Crippen LogP contribution in [0.2, 0.25) is 0 Å². The summed E-state index contributed by atoms with van der Waals surface area (Å²) in [5, 5.41) is 6.95. The lowest BCUT2D eigenvalue weighted by molar-refractivity contribution is -0.117. The third kappa shape index (κ3) is 3.24. The van der Waals surface area contributed by atoms with Crippen LogP contribution in [0, 0.1) is 6.92 Å². The maximum Gasteiger partial charge on any atom is 0.322 e. The van der Waals surface area contributed by atoms with Crippen molar-refractivity contribution in [1.82, 2.24) is 10.1 Å². The Balaban J connectivity index is 1.71. The van der Waals surface area contributed by atoms with Gasteiger partial charge in [0.15, 0.2) is 5.82 Å². The number of hydrogen-bond acceptors (Lipinski definition) is 5. The fourth-order valence-electron chi connectivity index (χ4n) is 2.54. The zero-order valence-corrected chi connectivity index (χ0v) is 14.9. The lowest BCUT2D eigenvalue weighted by atomic mass is 10.2. The molecule has 1 aliphatic rings. The predicted molar refractivity (Wildman–Crippen MR) is 91.6 cm³/mol. The van der Waals surface area contributed by atoms with Crippen molar-refractivity contribution < 1.29 is 9.32 Å². The van der Waals surface area contributed by atoms with E-state index in [1.807, 2.05) is 39.0 Å². The Kier molecular flexibility index (Phi) is 4.39. The normalized spacial score (nSPS) is 18.0. The monoisotopic (exact) mass is 378 g/mol. The molecule has 1 fully saturated rings. The number of benzene rings is 1. The summed E-state index contributed by atoms with van der Waals surface area (Å²) in [7, 11) is 0. The van der Waals surface area contributed by atoms with Crippen LogP contribution >= 0.6 is 15.9 Å². The summed E-state index contributed by atoms with van der Waals surface area (Å²) in [6.45, 7) is 6.67. The Morgan fingerprint density at radius 3 is 2.87 bits per heavy atom. The van der Waals surface area contributed by atoms with Crippen LogP contribution in [-0.4, -0.2) is 28.6 Å². The summed E-state index contributed by atoms with van der Waals surface area (Å²) in [6, 6.07) is 5.89. The molecule has 1 atom stereocenters. The van der Waals surface area contributed by atoms with E-state index in [9.17, 15) is 4.79 Å². The summed E-state index contributed by atoms with van der Waals surface area (Å²) >= 11 is 3.48. The summed E-state index contributed by atoms with van der Waals surface area (Å²) < 4.78 is 6.20. The second-order valence-corrected chi connectivity index (χ2v) is 6.88. The maximum atomic E-state index is 12.6. The molecule has 1 N–H and O–H groups in total. The van der Waals surface area contributed by atoms with Gasteiger partial charge in [-0.25, -0.2) is 0 Å². The Morgan fingerprint density at radius 2 is 2.22 bits per heavy atom. The fraction of sp³-hybridized carbons (Fsp3) is 0.438. The number of rotatable bonds is 4. The number of amides is 1. The van der Waals surface area contributed by atoms with Gasteiger partial charge in [-0.15, -0.1) is 0 Å². The average molecular weight is 379 g/mol. The molecule has 0 aliphatic carbocycles. The van der Waals surface area contributed by atoms with E-state index in [0.717, 1.165) is 15.7 Å². The lowest BCUT2D eigenvalue weighted by Crippen LogP contribution is -2.33. The van der Waals surface area contributed by atoms with Crippen LogP contribution in [0.1, 0.15) is 37.6 Å². The number of halogens is 1.